The number of hydrogen-bond acceptors (Lipinski definition) is 2. The molecule has 0 saturated carbocycles. The normalized spacial score (nSPS) is 22.4. The third-order valence-corrected chi connectivity index (χ3v) is 1.35. The minimum absolute atomic E-state index is 0.126. The zero-order valence-corrected chi connectivity index (χ0v) is 5.80. The maximum Gasteiger partial charge on any atom is 0.310 e. The quantitative estimate of drug-likeness (QED) is 0.516. The Morgan fingerprint density at radius 2 is 2.30 bits per heavy atom. The molecule has 54 valence electrons. The SMILES string of the molecule is C=C/C=C1\CCCC(=O)O1. The highest BCUT2D eigenvalue weighted by Gasteiger charge is 2.12. The van der Waals surface area contributed by atoms with Crippen molar-refractivity contribution in [2.24, 2.45) is 0 Å². The topological polar surface area (TPSA) is 26.3 Å². The lowest BCUT2D eigenvalue weighted by Gasteiger charge is -2.12. The highest BCUT2D eigenvalue weighted by molar-refractivity contribution is 5.71. The molecule has 0 aromatic rings. The van der Waals surface area contributed by atoms with Gasteiger partial charge in [-0.3, -0.25) is 4.79 Å². The summed E-state index contributed by atoms with van der Waals surface area (Å²) in [6, 6.07) is 0. The van der Waals surface area contributed by atoms with E-state index in [4.69, 9.17) is 4.74 Å². The monoisotopic (exact) mass is 138 g/mol. The van der Waals surface area contributed by atoms with Crippen molar-refractivity contribution in [3.8, 4) is 0 Å². The van der Waals surface area contributed by atoms with E-state index in [0.29, 0.717) is 6.42 Å². The van der Waals surface area contributed by atoms with Crippen LogP contribution in [-0.2, 0) is 9.53 Å². The summed E-state index contributed by atoms with van der Waals surface area (Å²) < 4.78 is 4.88. The van der Waals surface area contributed by atoms with Gasteiger partial charge in [0.1, 0.15) is 5.76 Å². The van der Waals surface area contributed by atoms with Crippen molar-refractivity contribution in [3.05, 3.63) is 24.5 Å². The Morgan fingerprint density at radius 1 is 1.50 bits per heavy atom. The summed E-state index contributed by atoms with van der Waals surface area (Å²) in [7, 11) is 0. The fraction of sp³-hybridized carbons (Fsp3) is 0.375. The van der Waals surface area contributed by atoms with Crippen LogP contribution in [0.15, 0.2) is 24.5 Å². The van der Waals surface area contributed by atoms with Crippen molar-refractivity contribution in [1.82, 2.24) is 0 Å². The molecule has 2 nitrogen and oxygen atoms in total. The molecule has 0 radical (unpaired) electrons. The Kier molecular flexibility index (Phi) is 2.26. The standard InChI is InChI=1S/C8H10O2/c1-2-4-7-5-3-6-8(9)10-7/h2,4H,1,3,5-6H2/b7-4+. The van der Waals surface area contributed by atoms with Gasteiger partial charge in [0.2, 0.25) is 0 Å². The minimum atomic E-state index is -0.126. The lowest BCUT2D eigenvalue weighted by molar-refractivity contribution is -0.141. The van der Waals surface area contributed by atoms with Crippen LogP contribution in [0.4, 0.5) is 0 Å². The molecule has 1 aliphatic rings. The van der Waals surface area contributed by atoms with Gasteiger partial charge in [0.15, 0.2) is 0 Å². The van der Waals surface area contributed by atoms with Crippen molar-refractivity contribution < 1.29 is 9.53 Å². The van der Waals surface area contributed by atoms with E-state index in [1.165, 1.54) is 0 Å². The second-order valence-electron chi connectivity index (χ2n) is 2.20. The maximum atomic E-state index is 10.7. The Hall–Kier alpha value is -1.05. The Bertz CT molecular complexity index is 180. The smallest absolute Gasteiger partial charge is 0.310 e. The van der Waals surface area contributed by atoms with Crippen molar-refractivity contribution in [1.29, 1.82) is 0 Å². The summed E-state index contributed by atoms with van der Waals surface area (Å²) in [5, 5.41) is 0. The van der Waals surface area contributed by atoms with Gasteiger partial charge in [-0.1, -0.05) is 12.7 Å². The fourth-order valence-corrected chi connectivity index (χ4v) is 0.904. The second-order valence-corrected chi connectivity index (χ2v) is 2.20. The highest BCUT2D eigenvalue weighted by atomic mass is 16.5. The number of carbonyl (C=O) groups excluding carboxylic acids is 1. The molecular weight excluding hydrogens is 128 g/mol. The average Bonchev–Trinajstić information content (AvgIpc) is 1.88. The molecule has 0 spiro atoms. The Balaban J connectivity index is 2.54. The van der Waals surface area contributed by atoms with Gasteiger partial charge < -0.3 is 4.74 Å². The molecule has 0 N–H and O–H groups in total. The van der Waals surface area contributed by atoms with Gasteiger partial charge in [-0.2, -0.15) is 0 Å². The van der Waals surface area contributed by atoms with Crippen molar-refractivity contribution in [3.63, 3.8) is 0 Å². The average molecular weight is 138 g/mol. The van der Waals surface area contributed by atoms with E-state index in [-0.39, 0.29) is 5.97 Å². The van der Waals surface area contributed by atoms with E-state index >= 15 is 0 Å². The number of esters is 1. The summed E-state index contributed by atoms with van der Waals surface area (Å²) in [5.74, 6) is 0.616. The van der Waals surface area contributed by atoms with Crippen molar-refractivity contribution >= 4 is 5.97 Å². The van der Waals surface area contributed by atoms with Crippen LogP contribution in [0.1, 0.15) is 19.3 Å². The lowest BCUT2D eigenvalue weighted by Crippen LogP contribution is -2.09. The predicted molar refractivity (Wildman–Crippen MR) is 38.2 cm³/mol. The maximum absolute atomic E-state index is 10.7. The molecule has 1 fully saturated rings. The van der Waals surface area contributed by atoms with Crippen molar-refractivity contribution in [2.45, 2.75) is 19.3 Å². The van der Waals surface area contributed by atoms with Gasteiger partial charge in [-0.15, -0.1) is 0 Å². The molecule has 0 atom stereocenters. The van der Waals surface area contributed by atoms with E-state index in [1.807, 2.05) is 0 Å². The fourth-order valence-electron chi connectivity index (χ4n) is 0.904. The van der Waals surface area contributed by atoms with E-state index < -0.39 is 0 Å². The zero-order valence-electron chi connectivity index (χ0n) is 5.80. The van der Waals surface area contributed by atoms with Crippen LogP contribution >= 0.6 is 0 Å². The molecule has 1 heterocycles. The molecule has 0 aromatic heterocycles. The first-order valence-electron chi connectivity index (χ1n) is 3.35. The molecule has 0 amide bonds. The van der Waals surface area contributed by atoms with E-state index in [1.54, 1.807) is 12.2 Å². The van der Waals surface area contributed by atoms with E-state index in [2.05, 4.69) is 6.58 Å². The van der Waals surface area contributed by atoms with Gasteiger partial charge in [0.05, 0.1) is 0 Å². The van der Waals surface area contributed by atoms with Gasteiger partial charge in [-0.05, 0) is 12.5 Å². The molecular formula is C8H10O2. The van der Waals surface area contributed by atoms with E-state index in [0.717, 1.165) is 18.6 Å². The van der Waals surface area contributed by atoms with Crippen molar-refractivity contribution in [2.75, 3.05) is 0 Å². The highest BCUT2D eigenvalue weighted by Crippen LogP contribution is 2.16. The molecule has 1 aliphatic heterocycles. The predicted octanol–water partition coefficient (Wildman–Crippen LogP) is 1.78. The van der Waals surface area contributed by atoms with Crippen LogP contribution in [0.2, 0.25) is 0 Å². The molecule has 0 unspecified atom stereocenters. The molecule has 2 heteroatoms. The minimum Gasteiger partial charge on any atom is -0.431 e. The lowest BCUT2D eigenvalue weighted by atomic mass is 10.1. The third-order valence-electron chi connectivity index (χ3n) is 1.35. The van der Waals surface area contributed by atoms with Crippen LogP contribution in [0.5, 0.6) is 0 Å². The van der Waals surface area contributed by atoms with Crippen LogP contribution in [0.25, 0.3) is 0 Å². The summed E-state index contributed by atoms with van der Waals surface area (Å²) in [4.78, 5) is 10.7. The van der Waals surface area contributed by atoms with Crippen LogP contribution in [0.3, 0.4) is 0 Å². The van der Waals surface area contributed by atoms with Gasteiger partial charge >= 0.3 is 5.97 Å². The Morgan fingerprint density at radius 3 is 2.90 bits per heavy atom. The van der Waals surface area contributed by atoms with Crippen LogP contribution in [0, 0.1) is 0 Å². The number of hydrogen-bond donors (Lipinski definition) is 0. The number of cyclic esters (lactones) is 1. The zero-order chi connectivity index (χ0) is 7.40. The summed E-state index contributed by atoms with van der Waals surface area (Å²) >= 11 is 0. The molecule has 10 heavy (non-hydrogen) atoms. The van der Waals surface area contributed by atoms with Crippen LogP contribution < -0.4 is 0 Å². The largest absolute Gasteiger partial charge is 0.431 e. The van der Waals surface area contributed by atoms with Crippen LogP contribution in [-0.4, -0.2) is 5.97 Å². The second kappa shape index (κ2) is 3.20. The summed E-state index contributed by atoms with van der Waals surface area (Å²) in [6.07, 6.45) is 5.68. The van der Waals surface area contributed by atoms with Gasteiger partial charge in [0.25, 0.3) is 0 Å². The first-order chi connectivity index (χ1) is 4.83. The summed E-state index contributed by atoms with van der Waals surface area (Å²) in [6.45, 7) is 3.51. The number of rotatable bonds is 1. The molecule has 0 bridgehead atoms. The van der Waals surface area contributed by atoms with Gasteiger partial charge in [-0.25, -0.2) is 0 Å². The number of carbonyl (C=O) groups is 1. The summed E-state index contributed by atoms with van der Waals surface area (Å²) in [5.41, 5.74) is 0. The first kappa shape index (κ1) is 7.06. The number of allylic oxidation sites excluding steroid dienone is 3. The Labute approximate surface area is 60.2 Å². The molecule has 1 rings (SSSR count). The molecule has 0 aliphatic carbocycles. The first-order valence-corrected chi connectivity index (χ1v) is 3.35. The van der Waals surface area contributed by atoms with E-state index in [9.17, 15) is 4.79 Å². The molecule has 0 aromatic carbocycles. The molecule has 1 saturated heterocycles. The third kappa shape index (κ3) is 1.72. The van der Waals surface area contributed by atoms with Gasteiger partial charge in [0, 0.05) is 12.8 Å². The number of ether oxygens (including phenoxy) is 1.